The van der Waals surface area contributed by atoms with Gasteiger partial charge < -0.3 is 9.73 Å². The SMILES string of the molecule is C=C(C)C(NCCC)c1ccoc1C. The van der Waals surface area contributed by atoms with Gasteiger partial charge in [0, 0.05) is 5.56 Å². The number of nitrogens with one attached hydrogen (secondary N) is 1. The predicted molar refractivity (Wildman–Crippen MR) is 59.3 cm³/mol. The molecule has 1 aromatic rings. The molecular weight excluding hydrogens is 174 g/mol. The largest absolute Gasteiger partial charge is 0.469 e. The highest BCUT2D eigenvalue weighted by Crippen LogP contribution is 2.23. The molecule has 0 bridgehead atoms. The van der Waals surface area contributed by atoms with Crippen molar-refractivity contribution in [3.8, 4) is 0 Å². The molecule has 78 valence electrons. The van der Waals surface area contributed by atoms with Crippen LogP contribution in [0.3, 0.4) is 0 Å². The summed E-state index contributed by atoms with van der Waals surface area (Å²) in [7, 11) is 0. The van der Waals surface area contributed by atoms with Gasteiger partial charge in [-0.1, -0.05) is 19.1 Å². The lowest BCUT2D eigenvalue weighted by Gasteiger charge is -2.17. The third-order valence-electron chi connectivity index (χ3n) is 2.30. The number of aryl methyl sites for hydroxylation is 1. The summed E-state index contributed by atoms with van der Waals surface area (Å²) in [5, 5.41) is 3.45. The average molecular weight is 193 g/mol. The maximum atomic E-state index is 5.29. The summed E-state index contributed by atoms with van der Waals surface area (Å²) in [5.74, 6) is 0.974. The third-order valence-corrected chi connectivity index (χ3v) is 2.30. The number of furan rings is 1. The molecule has 1 N–H and O–H groups in total. The lowest BCUT2D eigenvalue weighted by molar-refractivity contribution is 0.515. The first-order valence-corrected chi connectivity index (χ1v) is 5.09. The first kappa shape index (κ1) is 11.1. The minimum Gasteiger partial charge on any atom is -0.469 e. The number of hydrogen-bond acceptors (Lipinski definition) is 2. The summed E-state index contributed by atoms with van der Waals surface area (Å²) in [5.41, 5.74) is 2.33. The summed E-state index contributed by atoms with van der Waals surface area (Å²) in [6, 6.07) is 2.24. The van der Waals surface area contributed by atoms with E-state index < -0.39 is 0 Å². The Bertz CT molecular complexity index is 301. The van der Waals surface area contributed by atoms with Crippen molar-refractivity contribution in [2.75, 3.05) is 6.54 Å². The average Bonchev–Trinajstić information content (AvgIpc) is 2.52. The van der Waals surface area contributed by atoms with E-state index in [0.717, 1.165) is 24.3 Å². The molecular formula is C12H19NO. The molecule has 1 unspecified atom stereocenters. The molecule has 2 heteroatoms. The first-order valence-electron chi connectivity index (χ1n) is 5.09. The zero-order valence-corrected chi connectivity index (χ0v) is 9.26. The van der Waals surface area contributed by atoms with Crippen LogP contribution in [0, 0.1) is 6.92 Å². The Kier molecular flexibility index (Phi) is 3.96. The van der Waals surface area contributed by atoms with Crippen LogP contribution < -0.4 is 5.32 Å². The molecule has 0 aliphatic heterocycles. The van der Waals surface area contributed by atoms with Crippen LogP contribution in [0.1, 0.15) is 37.6 Å². The Labute approximate surface area is 86.0 Å². The highest BCUT2D eigenvalue weighted by molar-refractivity contribution is 5.27. The summed E-state index contributed by atoms with van der Waals surface area (Å²) in [6.45, 7) is 11.2. The molecule has 0 fully saturated rings. The van der Waals surface area contributed by atoms with E-state index in [9.17, 15) is 0 Å². The van der Waals surface area contributed by atoms with E-state index >= 15 is 0 Å². The normalized spacial score (nSPS) is 12.8. The van der Waals surface area contributed by atoms with Gasteiger partial charge in [-0.15, -0.1) is 0 Å². The van der Waals surface area contributed by atoms with Crippen molar-refractivity contribution in [2.24, 2.45) is 0 Å². The number of hydrogen-bond donors (Lipinski definition) is 1. The Morgan fingerprint density at radius 3 is 2.79 bits per heavy atom. The van der Waals surface area contributed by atoms with Crippen LogP contribution in [0.5, 0.6) is 0 Å². The minimum absolute atomic E-state index is 0.230. The predicted octanol–water partition coefficient (Wildman–Crippen LogP) is 3.20. The molecule has 0 spiro atoms. The highest BCUT2D eigenvalue weighted by Gasteiger charge is 2.15. The maximum absolute atomic E-state index is 5.29. The van der Waals surface area contributed by atoms with Gasteiger partial charge in [-0.2, -0.15) is 0 Å². The maximum Gasteiger partial charge on any atom is 0.105 e. The van der Waals surface area contributed by atoms with Crippen LogP contribution >= 0.6 is 0 Å². The molecule has 0 amide bonds. The van der Waals surface area contributed by atoms with E-state index in [2.05, 4.69) is 18.8 Å². The van der Waals surface area contributed by atoms with Gasteiger partial charge in [-0.05, 0) is 32.9 Å². The van der Waals surface area contributed by atoms with E-state index in [1.54, 1.807) is 6.26 Å². The van der Waals surface area contributed by atoms with E-state index in [1.807, 2.05) is 19.9 Å². The van der Waals surface area contributed by atoms with Crippen molar-refractivity contribution >= 4 is 0 Å². The molecule has 0 aliphatic carbocycles. The smallest absolute Gasteiger partial charge is 0.105 e. The second-order valence-electron chi connectivity index (χ2n) is 3.67. The van der Waals surface area contributed by atoms with Crippen molar-refractivity contribution < 1.29 is 4.42 Å². The van der Waals surface area contributed by atoms with Crippen LogP contribution in [0.25, 0.3) is 0 Å². The molecule has 2 nitrogen and oxygen atoms in total. The standard InChI is InChI=1S/C12H19NO/c1-5-7-13-12(9(2)3)11-6-8-14-10(11)4/h6,8,12-13H,2,5,7H2,1,3-4H3. The first-order chi connectivity index (χ1) is 6.66. The highest BCUT2D eigenvalue weighted by atomic mass is 16.3. The molecule has 14 heavy (non-hydrogen) atoms. The van der Waals surface area contributed by atoms with E-state index in [1.165, 1.54) is 5.56 Å². The summed E-state index contributed by atoms with van der Waals surface area (Å²) >= 11 is 0. The Balaban J connectivity index is 2.78. The molecule has 0 radical (unpaired) electrons. The van der Waals surface area contributed by atoms with Crippen LogP contribution in [0.2, 0.25) is 0 Å². The van der Waals surface area contributed by atoms with Gasteiger partial charge in [0.2, 0.25) is 0 Å². The summed E-state index contributed by atoms with van der Waals surface area (Å²) < 4.78 is 5.29. The molecule has 1 aromatic heterocycles. The van der Waals surface area contributed by atoms with Gasteiger partial charge in [0.15, 0.2) is 0 Å². The molecule has 0 aromatic carbocycles. The number of rotatable bonds is 5. The van der Waals surface area contributed by atoms with Crippen molar-refractivity contribution in [1.82, 2.24) is 5.32 Å². The van der Waals surface area contributed by atoms with Gasteiger partial charge in [-0.25, -0.2) is 0 Å². The molecule has 0 saturated carbocycles. The van der Waals surface area contributed by atoms with Gasteiger partial charge >= 0.3 is 0 Å². The van der Waals surface area contributed by atoms with Crippen molar-refractivity contribution in [1.29, 1.82) is 0 Å². The minimum atomic E-state index is 0.230. The fraction of sp³-hybridized carbons (Fsp3) is 0.500. The second kappa shape index (κ2) is 5.01. The third kappa shape index (κ3) is 2.48. The monoisotopic (exact) mass is 193 g/mol. The summed E-state index contributed by atoms with van der Waals surface area (Å²) in [4.78, 5) is 0. The molecule has 1 heterocycles. The van der Waals surface area contributed by atoms with Crippen molar-refractivity contribution in [3.63, 3.8) is 0 Å². The zero-order valence-electron chi connectivity index (χ0n) is 9.26. The molecule has 0 aliphatic rings. The molecule has 1 atom stereocenters. The van der Waals surface area contributed by atoms with E-state index in [4.69, 9.17) is 4.42 Å². The second-order valence-corrected chi connectivity index (χ2v) is 3.67. The Hall–Kier alpha value is -1.02. The quantitative estimate of drug-likeness (QED) is 0.726. The zero-order chi connectivity index (χ0) is 10.6. The van der Waals surface area contributed by atoms with E-state index in [0.29, 0.717) is 0 Å². The summed E-state index contributed by atoms with van der Waals surface area (Å²) in [6.07, 6.45) is 2.86. The van der Waals surface area contributed by atoms with Crippen LogP contribution in [0.15, 0.2) is 28.9 Å². The van der Waals surface area contributed by atoms with Gasteiger partial charge in [0.25, 0.3) is 0 Å². The van der Waals surface area contributed by atoms with Gasteiger partial charge in [0.05, 0.1) is 12.3 Å². The fourth-order valence-electron chi connectivity index (χ4n) is 1.53. The van der Waals surface area contributed by atoms with Gasteiger partial charge in [-0.3, -0.25) is 0 Å². The molecule has 0 saturated heterocycles. The van der Waals surface area contributed by atoms with E-state index in [-0.39, 0.29) is 6.04 Å². The Morgan fingerprint density at radius 1 is 1.64 bits per heavy atom. The van der Waals surface area contributed by atoms with Crippen LogP contribution in [-0.4, -0.2) is 6.54 Å². The Morgan fingerprint density at radius 2 is 2.36 bits per heavy atom. The lowest BCUT2D eigenvalue weighted by atomic mass is 10.0. The van der Waals surface area contributed by atoms with Crippen molar-refractivity contribution in [3.05, 3.63) is 35.8 Å². The van der Waals surface area contributed by atoms with Crippen LogP contribution in [0.4, 0.5) is 0 Å². The van der Waals surface area contributed by atoms with Crippen molar-refractivity contribution in [2.45, 2.75) is 33.2 Å². The molecule has 1 rings (SSSR count). The topological polar surface area (TPSA) is 25.2 Å². The fourth-order valence-corrected chi connectivity index (χ4v) is 1.53. The van der Waals surface area contributed by atoms with Gasteiger partial charge in [0.1, 0.15) is 5.76 Å². The lowest BCUT2D eigenvalue weighted by Crippen LogP contribution is -2.22. The van der Waals surface area contributed by atoms with Crippen LogP contribution in [-0.2, 0) is 0 Å².